The number of hydrogen-bond donors (Lipinski definition) is 1. The first kappa shape index (κ1) is 7.07. The molecule has 0 aromatic rings. The molecule has 1 saturated heterocycles. The molecule has 0 unspecified atom stereocenters. The zero-order chi connectivity index (χ0) is 6.85. The van der Waals surface area contributed by atoms with E-state index in [-0.39, 0.29) is 0 Å². The molecule has 1 aliphatic heterocycles. The SMILES string of the molecule is CC1C[C@H](C)N[C@@H](C)C1. The van der Waals surface area contributed by atoms with Crippen molar-refractivity contribution in [3.8, 4) is 0 Å². The van der Waals surface area contributed by atoms with Crippen molar-refractivity contribution in [2.45, 2.75) is 45.7 Å². The molecule has 0 spiro atoms. The fraction of sp³-hybridized carbons (Fsp3) is 1.00. The maximum atomic E-state index is 3.51. The van der Waals surface area contributed by atoms with Gasteiger partial charge in [-0.15, -0.1) is 0 Å². The van der Waals surface area contributed by atoms with Gasteiger partial charge >= 0.3 is 0 Å². The number of piperidine rings is 1. The Kier molecular flexibility index (Phi) is 2.12. The molecule has 1 heteroatoms. The Bertz CT molecular complexity index is 65.5. The van der Waals surface area contributed by atoms with Crippen LogP contribution in [0.2, 0.25) is 0 Å². The van der Waals surface area contributed by atoms with Crippen molar-refractivity contribution in [2.75, 3.05) is 0 Å². The Morgan fingerprint density at radius 3 is 1.78 bits per heavy atom. The molecule has 2 atom stereocenters. The van der Waals surface area contributed by atoms with Gasteiger partial charge in [-0.05, 0) is 32.6 Å². The Labute approximate surface area is 57.8 Å². The molecular formula is C8H17N. The highest BCUT2D eigenvalue weighted by Gasteiger charge is 2.18. The predicted molar refractivity (Wildman–Crippen MR) is 40.5 cm³/mol. The number of nitrogens with one attached hydrogen (secondary N) is 1. The molecule has 54 valence electrons. The summed E-state index contributed by atoms with van der Waals surface area (Å²) in [6.45, 7) is 6.88. The molecule has 1 N–H and O–H groups in total. The maximum Gasteiger partial charge on any atom is 0.00437 e. The quantitative estimate of drug-likeness (QED) is 0.523. The molecule has 0 amide bonds. The van der Waals surface area contributed by atoms with Gasteiger partial charge in [-0.25, -0.2) is 0 Å². The van der Waals surface area contributed by atoms with E-state index < -0.39 is 0 Å². The predicted octanol–water partition coefficient (Wildman–Crippen LogP) is 1.78. The van der Waals surface area contributed by atoms with E-state index in [1.165, 1.54) is 12.8 Å². The lowest BCUT2D eigenvalue weighted by Gasteiger charge is -2.30. The van der Waals surface area contributed by atoms with Crippen LogP contribution in [0.4, 0.5) is 0 Å². The molecule has 0 bridgehead atoms. The maximum absolute atomic E-state index is 3.51. The lowest BCUT2D eigenvalue weighted by molar-refractivity contribution is 0.279. The van der Waals surface area contributed by atoms with Crippen molar-refractivity contribution in [3.63, 3.8) is 0 Å². The van der Waals surface area contributed by atoms with Gasteiger partial charge in [0.15, 0.2) is 0 Å². The van der Waals surface area contributed by atoms with Gasteiger partial charge in [0.1, 0.15) is 0 Å². The summed E-state index contributed by atoms with van der Waals surface area (Å²) in [4.78, 5) is 0. The van der Waals surface area contributed by atoms with Gasteiger partial charge in [0.2, 0.25) is 0 Å². The van der Waals surface area contributed by atoms with Gasteiger partial charge in [-0.2, -0.15) is 0 Å². The zero-order valence-corrected chi connectivity index (χ0v) is 6.65. The van der Waals surface area contributed by atoms with Crippen molar-refractivity contribution in [2.24, 2.45) is 5.92 Å². The Morgan fingerprint density at radius 2 is 1.44 bits per heavy atom. The first-order valence-electron chi connectivity index (χ1n) is 3.94. The van der Waals surface area contributed by atoms with Crippen LogP contribution in [0.5, 0.6) is 0 Å². The second-order valence-electron chi connectivity index (χ2n) is 3.55. The van der Waals surface area contributed by atoms with E-state index in [0.29, 0.717) is 0 Å². The van der Waals surface area contributed by atoms with E-state index >= 15 is 0 Å². The minimum atomic E-state index is 0.740. The highest BCUT2D eigenvalue weighted by molar-refractivity contribution is 4.77. The summed E-state index contributed by atoms with van der Waals surface area (Å²) in [5.74, 6) is 0.927. The molecule has 0 aromatic carbocycles. The smallest absolute Gasteiger partial charge is 0.00437 e. The average Bonchev–Trinajstić information content (AvgIpc) is 1.59. The van der Waals surface area contributed by atoms with Gasteiger partial charge in [-0.3, -0.25) is 0 Å². The van der Waals surface area contributed by atoms with Crippen LogP contribution in [0.3, 0.4) is 0 Å². The van der Waals surface area contributed by atoms with Gasteiger partial charge in [0.05, 0.1) is 0 Å². The summed E-state index contributed by atoms with van der Waals surface area (Å²) < 4.78 is 0. The first-order chi connectivity index (χ1) is 4.18. The van der Waals surface area contributed by atoms with Crippen LogP contribution in [0.25, 0.3) is 0 Å². The molecular weight excluding hydrogens is 110 g/mol. The number of rotatable bonds is 0. The topological polar surface area (TPSA) is 12.0 Å². The van der Waals surface area contributed by atoms with Gasteiger partial charge in [0, 0.05) is 12.1 Å². The summed E-state index contributed by atoms with van der Waals surface area (Å²) in [5, 5.41) is 3.51. The molecule has 1 aliphatic rings. The standard InChI is InChI=1S/C8H17N/c1-6-4-7(2)9-8(3)5-6/h6-9H,4-5H2,1-3H3/t7-,8-/m0/s1. The summed E-state index contributed by atoms with van der Waals surface area (Å²) in [6.07, 6.45) is 2.70. The summed E-state index contributed by atoms with van der Waals surface area (Å²) in [5.41, 5.74) is 0. The fourth-order valence-electron chi connectivity index (χ4n) is 1.93. The van der Waals surface area contributed by atoms with Crippen LogP contribution in [0.1, 0.15) is 33.6 Å². The van der Waals surface area contributed by atoms with Crippen molar-refractivity contribution >= 4 is 0 Å². The second-order valence-corrected chi connectivity index (χ2v) is 3.55. The molecule has 1 nitrogen and oxygen atoms in total. The van der Waals surface area contributed by atoms with Crippen LogP contribution in [-0.2, 0) is 0 Å². The monoisotopic (exact) mass is 127 g/mol. The fourth-order valence-corrected chi connectivity index (χ4v) is 1.93. The third-order valence-electron chi connectivity index (χ3n) is 2.08. The Balaban J connectivity index is 2.34. The average molecular weight is 127 g/mol. The van der Waals surface area contributed by atoms with E-state index in [2.05, 4.69) is 26.1 Å². The first-order valence-corrected chi connectivity index (χ1v) is 3.94. The highest BCUT2D eigenvalue weighted by atomic mass is 14.9. The zero-order valence-electron chi connectivity index (χ0n) is 6.65. The lowest BCUT2D eigenvalue weighted by Crippen LogP contribution is -2.41. The summed E-state index contributed by atoms with van der Waals surface area (Å²) >= 11 is 0. The van der Waals surface area contributed by atoms with Crippen LogP contribution in [0.15, 0.2) is 0 Å². The largest absolute Gasteiger partial charge is 0.312 e. The van der Waals surface area contributed by atoms with E-state index in [9.17, 15) is 0 Å². The molecule has 1 heterocycles. The van der Waals surface area contributed by atoms with Crippen molar-refractivity contribution in [1.29, 1.82) is 0 Å². The van der Waals surface area contributed by atoms with Crippen LogP contribution in [-0.4, -0.2) is 12.1 Å². The minimum Gasteiger partial charge on any atom is -0.312 e. The van der Waals surface area contributed by atoms with E-state index in [1.807, 2.05) is 0 Å². The molecule has 0 aliphatic carbocycles. The molecule has 0 aromatic heterocycles. The van der Waals surface area contributed by atoms with Crippen LogP contribution >= 0.6 is 0 Å². The van der Waals surface area contributed by atoms with Crippen molar-refractivity contribution < 1.29 is 0 Å². The van der Waals surface area contributed by atoms with Crippen LogP contribution < -0.4 is 5.32 Å². The van der Waals surface area contributed by atoms with Crippen molar-refractivity contribution in [1.82, 2.24) is 5.32 Å². The Hall–Kier alpha value is -0.0400. The third-order valence-corrected chi connectivity index (χ3v) is 2.08. The van der Waals surface area contributed by atoms with E-state index in [4.69, 9.17) is 0 Å². The molecule has 9 heavy (non-hydrogen) atoms. The lowest BCUT2D eigenvalue weighted by atomic mass is 9.91. The summed E-state index contributed by atoms with van der Waals surface area (Å²) in [7, 11) is 0. The van der Waals surface area contributed by atoms with Crippen LogP contribution in [0, 0.1) is 5.92 Å². The second kappa shape index (κ2) is 2.70. The molecule has 0 saturated carbocycles. The normalized spacial score (nSPS) is 45.0. The summed E-state index contributed by atoms with van der Waals surface area (Å²) in [6, 6.07) is 1.48. The molecule has 1 fully saturated rings. The molecule has 1 rings (SSSR count). The number of hydrogen-bond acceptors (Lipinski definition) is 1. The van der Waals surface area contributed by atoms with Gasteiger partial charge in [-0.1, -0.05) is 6.92 Å². The minimum absolute atomic E-state index is 0.740. The third kappa shape index (κ3) is 1.98. The van der Waals surface area contributed by atoms with Crippen molar-refractivity contribution in [3.05, 3.63) is 0 Å². The molecule has 0 radical (unpaired) electrons. The Morgan fingerprint density at radius 1 is 1.00 bits per heavy atom. The highest BCUT2D eigenvalue weighted by Crippen LogP contribution is 2.18. The van der Waals surface area contributed by atoms with E-state index in [0.717, 1.165) is 18.0 Å². The van der Waals surface area contributed by atoms with Gasteiger partial charge < -0.3 is 5.32 Å². The van der Waals surface area contributed by atoms with E-state index in [1.54, 1.807) is 0 Å². The van der Waals surface area contributed by atoms with Gasteiger partial charge in [0.25, 0.3) is 0 Å².